The molecule has 2 rings (SSSR count). The Kier molecular flexibility index (Phi) is 4.01. The second kappa shape index (κ2) is 5.73. The molecule has 0 amide bonds. The maximum absolute atomic E-state index is 11.7. The smallest absolute Gasteiger partial charge is 0.337 e. The number of carboxylic acids is 1. The summed E-state index contributed by atoms with van der Waals surface area (Å²) in [6.07, 6.45) is 2.21. The van der Waals surface area contributed by atoms with Crippen LogP contribution in [0.15, 0.2) is 12.3 Å². The highest BCUT2D eigenvalue weighted by Gasteiger charge is 2.36. The van der Waals surface area contributed by atoms with Crippen LogP contribution in [0.4, 0.5) is 11.5 Å². The first-order valence-corrected chi connectivity index (χ1v) is 6.18. The van der Waals surface area contributed by atoms with Gasteiger partial charge in [0.25, 0.3) is 0 Å². The van der Waals surface area contributed by atoms with Crippen molar-refractivity contribution in [3.05, 3.63) is 27.9 Å². The quantitative estimate of drug-likeness (QED) is 0.492. The van der Waals surface area contributed by atoms with Crippen molar-refractivity contribution >= 4 is 23.4 Å². The second-order valence-electron chi connectivity index (χ2n) is 4.50. The van der Waals surface area contributed by atoms with E-state index in [-0.39, 0.29) is 11.4 Å². The zero-order valence-corrected chi connectivity index (χ0v) is 11.2. The maximum atomic E-state index is 11.7. The number of methoxy groups -OCH3 is 1. The number of carbonyl (C=O) groups is 2. The van der Waals surface area contributed by atoms with Crippen LogP contribution in [-0.4, -0.2) is 46.6 Å². The highest BCUT2D eigenvalue weighted by molar-refractivity contribution is 5.89. The Balaban J connectivity index is 2.45. The zero-order chi connectivity index (χ0) is 15.6. The van der Waals surface area contributed by atoms with Gasteiger partial charge in [-0.15, -0.1) is 0 Å². The van der Waals surface area contributed by atoms with E-state index in [0.717, 1.165) is 12.3 Å². The number of esters is 1. The first-order chi connectivity index (χ1) is 9.95. The molecule has 0 aliphatic carbocycles. The van der Waals surface area contributed by atoms with Gasteiger partial charge in [0, 0.05) is 18.8 Å². The van der Waals surface area contributed by atoms with E-state index in [1.807, 2.05) is 0 Å². The van der Waals surface area contributed by atoms with Crippen molar-refractivity contribution in [2.45, 2.75) is 18.9 Å². The number of aromatic nitrogens is 1. The van der Waals surface area contributed by atoms with Crippen LogP contribution in [0.3, 0.4) is 0 Å². The molecule has 1 N–H and O–H groups in total. The second-order valence-corrected chi connectivity index (χ2v) is 4.50. The molecule has 1 aliphatic heterocycles. The SMILES string of the molecule is COC(=O)C1CCCN1c1ncc(C(=O)O)cc1[N+](=O)[O-]. The maximum Gasteiger partial charge on any atom is 0.337 e. The fraction of sp³-hybridized carbons (Fsp3) is 0.417. The molecule has 112 valence electrons. The number of nitrogens with zero attached hydrogens (tertiary/aromatic N) is 3. The molecule has 21 heavy (non-hydrogen) atoms. The van der Waals surface area contributed by atoms with Crippen LogP contribution in [0, 0.1) is 10.1 Å². The fourth-order valence-corrected chi connectivity index (χ4v) is 2.32. The summed E-state index contributed by atoms with van der Waals surface area (Å²) < 4.78 is 4.68. The molecule has 1 saturated heterocycles. The third-order valence-corrected chi connectivity index (χ3v) is 3.29. The van der Waals surface area contributed by atoms with Gasteiger partial charge in [0.1, 0.15) is 6.04 Å². The van der Waals surface area contributed by atoms with Crippen LogP contribution in [0.2, 0.25) is 0 Å². The van der Waals surface area contributed by atoms with Gasteiger partial charge >= 0.3 is 17.6 Å². The van der Waals surface area contributed by atoms with Crippen LogP contribution in [0.1, 0.15) is 23.2 Å². The molecule has 0 saturated carbocycles. The number of nitro groups is 1. The molecule has 0 bridgehead atoms. The number of hydrogen-bond donors (Lipinski definition) is 1. The number of aromatic carboxylic acids is 1. The van der Waals surface area contributed by atoms with Crippen LogP contribution < -0.4 is 4.90 Å². The van der Waals surface area contributed by atoms with E-state index < -0.39 is 28.6 Å². The lowest BCUT2D eigenvalue weighted by atomic mass is 10.2. The summed E-state index contributed by atoms with van der Waals surface area (Å²) >= 11 is 0. The summed E-state index contributed by atoms with van der Waals surface area (Å²) in [6.45, 7) is 0.417. The summed E-state index contributed by atoms with van der Waals surface area (Å²) in [4.78, 5) is 38.3. The van der Waals surface area contributed by atoms with Crippen molar-refractivity contribution in [3.63, 3.8) is 0 Å². The number of hydrogen-bond acceptors (Lipinski definition) is 7. The van der Waals surface area contributed by atoms with Gasteiger partial charge in [0.2, 0.25) is 5.82 Å². The third kappa shape index (κ3) is 2.76. The Morgan fingerprint density at radius 3 is 2.86 bits per heavy atom. The minimum absolute atomic E-state index is 0.0158. The Bertz CT molecular complexity index is 603. The summed E-state index contributed by atoms with van der Waals surface area (Å²) in [5.74, 6) is -1.81. The summed E-state index contributed by atoms with van der Waals surface area (Å²) in [7, 11) is 1.24. The fourth-order valence-electron chi connectivity index (χ4n) is 2.32. The number of rotatable bonds is 4. The van der Waals surface area contributed by atoms with E-state index in [1.54, 1.807) is 0 Å². The van der Waals surface area contributed by atoms with E-state index in [4.69, 9.17) is 5.11 Å². The van der Waals surface area contributed by atoms with Gasteiger partial charge in [0.15, 0.2) is 0 Å². The molecule has 1 fully saturated rings. The van der Waals surface area contributed by atoms with E-state index in [1.165, 1.54) is 12.0 Å². The summed E-state index contributed by atoms with van der Waals surface area (Å²) in [6, 6.07) is 0.300. The molecule has 1 aromatic heterocycles. The first-order valence-electron chi connectivity index (χ1n) is 6.18. The van der Waals surface area contributed by atoms with Gasteiger partial charge in [-0.2, -0.15) is 0 Å². The van der Waals surface area contributed by atoms with Crippen LogP contribution in [0.25, 0.3) is 0 Å². The van der Waals surface area contributed by atoms with Crippen molar-refractivity contribution in [2.75, 3.05) is 18.6 Å². The van der Waals surface area contributed by atoms with Crippen LogP contribution in [0.5, 0.6) is 0 Å². The molecule has 0 radical (unpaired) electrons. The average molecular weight is 295 g/mol. The number of ether oxygens (including phenoxy) is 1. The number of carbonyl (C=O) groups excluding carboxylic acids is 1. The lowest BCUT2D eigenvalue weighted by Gasteiger charge is -2.23. The molecular formula is C12H13N3O6. The lowest BCUT2D eigenvalue weighted by molar-refractivity contribution is -0.384. The van der Waals surface area contributed by atoms with E-state index in [0.29, 0.717) is 19.4 Å². The molecule has 9 nitrogen and oxygen atoms in total. The van der Waals surface area contributed by atoms with Crippen molar-refractivity contribution in [2.24, 2.45) is 0 Å². The van der Waals surface area contributed by atoms with Crippen LogP contribution in [-0.2, 0) is 9.53 Å². The molecule has 1 atom stereocenters. The highest BCUT2D eigenvalue weighted by atomic mass is 16.6. The molecule has 0 spiro atoms. The van der Waals surface area contributed by atoms with Gasteiger partial charge in [-0.05, 0) is 12.8 Å². The number of anilines is 1. The zero-order valence-electron chi connectivity index (χ0n) is 11.2. The van der Waals surface area contributed by atoms with Crippen molar-refractivity contribution in [1.29, 1.82) is 0 Å². The van der Waals surface area contributed by atoms with Gasteiger partial charge in [-0.1, -0.05) is 0 Å². The lowest BCUT2D eigenvalue weighted by Crippen LogP contribution is -2.37. The Labute approximate surface area is 119 Å². The normalized spacial score (nSPS) is 17.6. The monoisotopic (exact) mass is 295 g/mol. The number of pyridine rings is 1. The highest BCUT2D eigenvalue weighted by Crippen LogP contribution is 2.32. The average Bonchev–Trinajstić information content (AvgIpc) is 2.94. The van der Waals surface area contributed by atoms with Gasteiger partial charge < -0.3 is 14.7 Å². The molecule has 1 unspecified atom stereocenters. The summed E-state index contributed by atoms with van der Waals surface area (Å²) in [5, 5.41) is 20.0. The molecule has 1 aliphatic rings. The molecule has 9 heteroatoms. The van der Waals surface area contributed by atoms with Crippen molar-refractivity contribution in [3.8, 4) is 0 Å². The standard InChI is InChI=1S/C12H13N3O6/c1-21-12(18)8-3-2-4-14(8)10-9(15(19)20)5-7(6-13-10)11(16)17/h5-6,8H,2-4H2,1H3,(H,16,17). The van der Waals surface area contributed by atoms with Gasteiger partial charge in [-0.25, -0.2) is 14.6 Å². The molecule has 1 aromatic rings. The largest absolute Gasteiger partial charge is 0.478 e. The molecular weight excluding hydrogens is 282 g/mol. The Morgan fingerprint density at radius 1 is 1.57 bits per heavy atom. The topological polar surface area (TPSA) is 123 Å². The molecule has 2 heterocycles. The Morgan fingerprint density at radius 2 is 2.29 bits per heavy atom. The molecule has 0 aromatic carbocycles. The third-order valence-electron chi connectivity index (χ3n) is 3.29. The summed E-state index contributed by atoms with van der Waals surface area (Å²) in [5.41, 5.74) is -0.718. The first kappa shape index (κ1) is 14.7. The minimum atomic E-state index is -1.30. The predicted octanol–water partition coefficient (Wildman–Crippen LogP) is 0.830. The van der Waals surface area contributed by atoms with Crippen LogP contribution >= 0.6 is 0 Å². The van der Waals surface area contributed by atoms with Crippen molar-refractivity contribution in [1.82, 2.24) is 4.98 Å². The van der Waals surface area contributed by atoms with Gasteiger partial charge in [0.05, 0.1) is 17.6 Å². The Hall–Kier alpha value is -2.71. The van der Waals surface area contributed by atoms with E-state index in [2.05, 4.69) is 9.72 Å². The van der Waals surface area contributed by atoms with E-state index in [9.17, 15) is 19.7 Å². The van der Waals surface area contributed by atoms with E-state index >= 15 is 0 Å². The predicted molar refractivity (Wildman–Crippen MR) is 70.2 cm³/mol. The van der Waals surface area contributed by atoms with Gasteiger partial charge in [-0.3, -0.25) is 10.1 Å². The van der Waals surface area contributed by atoms with Crippen molar-refractivity contribution < 1.29 is 24.4 Å². The minimum Gasteiger partial charge on any atom is -0.478 e. The number of carboxylic acid groups (broad SMARTS) is 1.